The van der Waals surface area contributed by atoms with Crippen molar-refractivity contribution in [2.75, 3.05) is 13.2 Å². The van der Waals surface area contributed by atoms with E-state index in [1.165, 1.54) is 12.1 Å². The second-order valence-electron chi connectivity index (χ2n) is 5.76. The van der Waals surface area contributed by atoms with Crippen LogP contribution in [0.5, 0.6) is 0 Å². The van der Waals surface area contributed by atoms with Gasteiger partial charge in [0.15, 0.2) is 0 Å². The maximum atomic E-state index is 12.6. The fraction of sp³-hybridized carbons (Fsp3) is 0.625. The summed E-state index contributed by atoms with van der Waals surface area (Å²) in [5.74, 6) is 0.258. The topological polar surface area (TPSA) is 58.3 Å². The van der Waals surface area contributed by atoms with Crippen molar-refractivity contribution < 1.29 is 13.9 Å². The van der Waals surface area contributed by atoms with Crippen LogP contribution in [0.3, 0.4) is 0 Å². The normalized spacial score (nSPS) is 24.2. The summed E-state index contributed by atoms with van der Waals surface area (Å²) in [5.41, 5.74) is 6.78. The lowest BCUT2D eigenvalue weighted by molar-refractivity contribution is 0.146. The van der Waals surface area contributed by atoms with Gasteiger partial charge in [-0.3, -0.25) is 0 Å². The van der Waals surface area contributed by atoms with Crippen molar-refractivity contribution in [3.8, 4) is 0 Å². The van der Waals surface area contributed by atoms with E-state index in [0.717, 1.165) is 31.2 Å². The highest BCUT2D eigenvalue weighted by Crippen LogP contribution is 2.27. The van der Waals surface area contributed by atoms with Crippen LogP contribution in [-0.2, 0) is 0 Å². The maximum absolute atomic E-state index is 12.6. The third-order valence-corrected chi connectivity index (χ3v) is 4.39. The van der Waals surface area contributed by atoms with Crippen LogP contribution in [0.25, 0.3) is 0 Å². The minimum atomic E-state index is -2.44. The molecular weight excluding hydrogens is 274 g/mol. The Balaban J connectivity index is 2.04. The van der Waals surface area contributed by atoms with E-state index in [-0.39, 0.29) is 30.2 Å². The Labute approximate surface area is 124 Å². The zero-order valence-corrected chi connectivity index (χ0v) is 12.1. The van der Waals surface area contributed by atoms with Crippen LogP contribution in [-0.4, -0.2) is 24.3 Å². The van der Waals surface area contributed by atoms with Crippen LogP contribution in [0.2, 0.25) is 0 Å². The number of aliphatic hydroxyl groups excluding tert-OH is 1. The van der Waals surface area contributed by atoms with Crippen LogP contribution in [0, 0.1) is 5.92 Å². The molecule has 2 rings (SSSR count). The minimum absolute atomic E-state index is 0.0282. The van der Waals surface area contributed by atoms with Gasteiger partial charge in [-0.25, -0.2) is 8.78 Å². The Morgan fingerprint density at radius 2 is 1.76 bits per heavy atom. The maximum Gasteiger partial charge on any atom is 0.263 e. The summed E-state index contributed by atoms with van der Waals surface area (Å²) < 4.78 is 25.2. The van der Waals surface area contributed by atoms with Gasteiger partial charge in [0.1, 0.15) is 0 Å². The fourth-order valence-corrected chi connectivity index (χ4v) is 3.08. The molecule has 0 aromatic heterocycles. The number of benzene rings is 1. The van der Waals surface area contributed by atoms with Crippen molar-refractivity contribution in [3.63, 3.8) is 0 Å². The molecule has 1 aliphatic carbocycles. The molecule has 3 nitrogen and oxygen atoms in total. The molecule has 0 radical (unpaired) electrons. The van der Waals surface area contributed by atoms with E-state index >= 15 is 0 Å². The number of alkyl halides is 2. The Bertz CT molecular complexity index is 425. The number of aliphatic hydroxyl groups is 1. The SMILES string of the molecule is NCC(NC1CCCCC1CO)c1ccc(C(F)F)cc1. The van der Waals surface area contributed by atoms with Crippen LogP contribution in [0.1, 0.15) is 49.3 Å². The standard InChI is InChI=1S/C16H24F2N2O/c17-16(18)12-7-5-11(6-8-12)15(9-19)20-14-4-2-1-3-13(14)10-21/h5-8,13-16,20-21H,1-4,9-10,19H2. The highest BCUT2D eigenvalue weighted by Gasteiger charge is 2.26. The van der Waals surface area contributed by atoms with Crippen LogP contribution >= 0.6 is 0 Å². The van der Waals surface area contributed by atoms with Crippen LogP contribution in [0.15, 0.2) is 24.3 Å². The lowest BCUT2D eigenvalue weighted by Gasteiger charge is -2.34. The fourth-order valence-electron chi connectivity index (χ4n) is 3.08. The van der Waals surface area contributed by atoms with Crippen molar-refractivity contribution in [2.24, 2.45) is 11.7 Å². The van der Waals surface area contributed by atoms with Crippen LogP contribution in [0.4, 0.5) is 8.78 Å². The monoisotopic (exact) mass is 298 g/mol. The van der Waals surface area contributed by atoms with Gasteiger partial charge in [-0.2, -0.15) is 0 Å². The van der Waals surface area contributed by atoms with Crippen molar-refractivity contribution in [1.29, 1.82) is 0 Å². The van der Waals surface area contributed by atoms with E-state index in [2.05, 4.69) is 5.32 Å². The molecule has 21 heavy (non-hydrogen) atoms. The summed E-state index contributed by atoms with van der Waals surface area (Å²) in [6.07, 6.45) is 1.91. The lowest BCUT2D eigenvalue weighted by atomic mass is 9.84. The van der Waals surface area contributed by atoms with Gasteiger partial charge in [0, 0.05) is 30.8 Å². The largest absolute Gasteiger partial charge is 0.396 e. The van der Waals surface area contributed by atoms with Gasteiger partial charge < -0.3 is 16.2 Å². The molecule has 3 atom stereocenters. The van der Waals surface area contributed by atoms with Crippen molar-refractivity contribution in [1.82, 2.24) is 5.32 Å². The molecule has 1 saturated carbocycles. The van der Waals surface area contributed by atoms with Gasteiger partial charge in [0.25, 0.3) is 6.43 Å². The van der Waals surface area contributed by atoms with E-state index in [0.29, 0.717) is 6.54 Å². The molecule has 0 spiro atoms. The first-order chi connectivity index (χ1) is 10.2. The zero-order chi connectivity index (χ0) is 15.2. The minimum Gasteiger partial charge on any atom is -0.396 e. The van der Waals surface area contributed by atoms with Gasteiger partial charge in [-0.05, 0) is 24.3 Å². The molecule has 118 valence electrons. The van der Waals surface area contributed by atoms with Crippen molar-refractivity contribution >= 4 is 0 Å². The number of nitrogens with two attached hydrogens (primary N) is 1. The Kier molecular flexibility index (Phi) is 6.08. The Morgan fingerprint density at radius 3 is 2.33 bits per heavy atom. The molecule has 0 amide bonds. The van der Waals surface area contributed by atoms with Gasteiger partial charge in [0.2, 0.25) is 0 Å². The van der Waals surface area contributed by atoms with E-state index in [4.69, 9.17) is 5.73 Å². The summed E-state index contributed by atoms with van der Waals surface area (Å²) in [5, 5.41) is 13.0. The summed E-state index contributed by atoms with van der Waals surface area (Å²) >= 11 is 0. The molecule has 1 aliphatic rings. The molecule has 0 saturated heterocycles. The van der Waals surface area contributed by atoms with E-state index < -0.39 is 6.43 Å². The zero-order valence-electron chi connectivity index (χ0n) is 12.1. The van der Waals surface area contributed by atoms with Gasteiger partial charge >= 0.3 is 0 Å². The molecule has 4 N–H and O–H groups in total. The average Bonchev–Trinajstić information content (AvgIpc) is 2.53. The molecule has 0 heterocycles. The van der Waals surface area contributed by atoms with E-state index in [1.807, 2.05) is 0 Å². The second kappa shape index (κ2) is 7.82. The molecule has 5 heteroatoms. The first-order valence-electron chi connectivity index (χ1n) is 7.60. The molecule has 1 aromatic rings. The molecule has 0 bridgehead atoms. The van der Waals surface area contributed by atoms with E-state index in [1.54, 1.807) is 12.1 Å². The predicted octanol–water partition coefficient (Wildman–Crippen LogP) is 2.76. The molecule has 1 aromatic carbocycles. The summed E-state index contributed by atoms with van der Waals surface area (Å²) in [6.45, 7) is 0.585. The summed E-state index contributed by atoms with van der Waals surface area (Å²) in [7, 11) is 0. The molecule has 1 fully saturated rings. The Hall–Kier alpha value is -1.04. The first-order valence-corrected chi connectivity index (χ1v) is 7.60. The number of hydrogen-bond acceptors (Lipinski definition) is 3. The number of rotatable bonds is 6. The molecular formula is C16H24F2N2O. The van der Waals surface area contributed by atoms with E-state index in [9.17, 15) is 13.9 Å². The van der Waals surface area contributed by atoms with Gasteiger partial charge in [-0.1, -0.05) is 37.1 Å². The van der Waals surface area contributed by atoms with Gasteiger partial charge in [0.05, 0.1) is 0 Å². The quantitative estimate of drug-likeness (QED) is 0.757. The smallest absolute Gasteiger partial charge is 0.263 e. The van der Waals surface area contributed by atoms with Crippen LogP contribution < -0.4 is 11.1 Å². The Morgan fingerprint density at radius 1 is 1.14 bits per heavy atom. The molecule has 0 aliphatic heterocycles. The van der Waals surface area contributed by atoms with Crippen molar-refractivity contribution in [3.05, 3.63) is 35.4 Å². The number of halogens is 2. The second-order valence-corrected chi connectivity index (χ2v) is 5.76. The third-order valence-electron chi connectivity index (χ3n) is 4.39. The molecule has 3 unspecified atom stereocenters. The average molecular weight is 298 g/mol. The highest BCUT2D eigenvalue weighted by molar-refractivity contribution is 5.26. The lowest BCUT2D eigenvalue weighted by Crippen LogP contribution is -2.44. The number of nitrogens with one attached hydrogen (secondary N) is 1. The highest BCUT2D eigenvalue weighted by atomic mass is 19.3. The third kappa shape index (κ3) is 4.22. The first kappa shape index (κ1) is 16.3. The van der Waals surface area contributed by atoms with Crippen molar-refractivity contribution in [2.45, 2.75) is 44.2 Å². The summed E-state index contributed by atoms with van der Waals surface area (Å²) in [6, 6.07) is 6.51. The van der Waals surface area contributed by atoms with Gasteiger partial charge in [-0.15, -0.1) is 0 Å². The number of hydrogen-bond donors (Lipinski definition) is 3. The summed E-state index contributed by atoms with van der Waals surface area (Å²) in [4.78, 5) is 0. The predicted molar refractivity (Wildman–Crippen MR) is 79.2 cm³/mol.